The topological polar surface area (TPSA) is 193 Å². The van der Waals surface area contributed by atoms with Crippen molar-refractivity contribution in [1.82, 2.24) is 9.80 Å². The number of nitrogens with zero attached hydrogens (tertiary/aromatic N) is 4. The van der Waals surface area contributed by atoms with Crippen LogP contribution in [0.5, 0.6) is 23.0 Å². The molecule has 2 aliphatic carbocycles. The number of aliphatic hydroxyl groups is 1. The van der Waals surface area contributed by atoms with Crippen molar-refractivity contribution in [2.45, 2.75) is 95.9 Å². The van der Waals surface area contributed by atoms with Crippen LogP contribution in [0.15, 0.2) is 24.3 Å². The van der Waals surface area contributed by atoms with Gasteiger partial charge < -0.3 is 38.3 Å². The van der Waals surface area contributed by atoms with Gasteiger partial charge in [-0.25, -0.2) is 0 Å². The fourth-order valence-electron chi connectivity index (χ4n) is 7.74. The van der Waals surface area contributed by atoms with E-state index in [0.29, 0.717) is 26.1 Å². The number of nitro groups is 2. The van der Waals surface area contributed by atoms with E-state index in [1.165, 1.54) is 37.3 Å². The molecule has 0 bridgehead atoms. The molecule has 2 amide bonds. The molecule has 2 saturated heterocycles. The molecule has 17 heteroatoms. The lowest BCUT2D eigenvalue weighted by Crippen LogP contribution is -2.46. The van der Waals surface area contributed by atoms with Crippen LogP contribution in [0, 0.1) is 31.1 Å². The number of methoxy groups -OCH3 is 2. The molecule has 4 fully saturated rings. The lowest BCUT2D eigenvalue weighted by Gasteiger charge is -2.38. The van der Waals surface area contributed by atoms with E-state index in [0.717, 1.165) is 38.2 Å². The van der Waals surface area contributed by atoms with Crippen molar-refractivity contribution in [3.8, 4) is 23.0 Å². The summed E-state index contributed by atoms with van der Waals surface area (Å²) in [6, 6.07) is 4.40. The van der Waals surface area contributed by atoms with Crippen molar-refractivity contribution in [1.29, 1.82) is 0 Å². The van der Waals surface area contributed by atoms with Crippen molar-refractivity contribution in [2.24, 2.45) is 10.8 Å². The van der Waals surface area contributed by atoms with Gasteiger partial charge in [0.2, 0.25) is 0 Å². The predicted octanol–water partition coefficient (Wildman–Crippen LogP) is 6.37. The Kier molecular flexibility index (Phi) is 11.4. The van der Waals surface area contributed by atoms with Gasteiger partial charge in [0, 0.05) is 31.6 Å². The average Bonchev–Trinajstić information content (AvgIpc) is 4.02. The number of ether oxygens (including phenoxy) is 4. The fourth-order valence-corrected chi connectivity index (χ4v) is 8.78. The first kappa shape index (κ1) is 41.2. The smallest absolute Gasteiger partial charge is 0.286 e. The quantitative estimate of drug-likeness (QED) is 0.0855. The van der Waals surface area contributed by atoms with Crippen molar-refractivity contribution in [3.63, 3.8) is 0 Å². The third-order valence-electron chi connectivity index (χ3n) is 12.5. The van der Waals surface area contributed by atoms with Crippen LogP contribution in [-0.2, 0) is 4.43 Å². The Morgan fingerprint density at radius 2 is 1.21 bits per heavy atom. The maximum atomic E-state index is 14.1. The Morgan fingerprint density at radius 3 is 1.59 bits per heavy atom. The van der Waals surface area contributed by atoms with E-state index in [1.807, 2.05) is 0 Å². The minimum Gasteiger partial charge on any atom is -0.493 e. The van der Waals surface area contributed by atoms with E-state index in [9.17, 15) is 34.9 Å². The largest absolute Gasteiger partial charge is 0.493 e. The number of likely N-dealkylation sites (tertiary alicyclic amines) is 2. The number of benzene rings is 2. The van der Waals surface area contributed by atoms with E-state index in [4.69, 9.17) is 23.4 Å². The Morgan fingerprint density at radius 1 is 0.786 bits per heavy atom. The molecule has 6 rings (SSSR count). The van der Waals surface area contributed by atoms with Gasteiger partial charge in [-0.05, 0) is 67.5 Å². The van der Waals surface area contributed by atoms with Gasteiger partial charge in [-0.15, -0.1) is 0 Å². The zero-order valence-corrected chi connectivity index (χ0v) is 34.4. The molecule has 0 aromatic heterocycles. The van der Waals surface area contributed by atoms with Gasteiger partial charge in [-0.1, -0.05) is 20.8 Å². The number of nitro benzene ring substituents is 2. The molecule has 2 spiro atoms. The molecule has 2 saturated carbocycles. The van der Waals surface area contributed by atoms with Crippen LogP contribution in [0.4, 0.5) is 11.4 Å². The molecule has 0 radical (unpaired) electrons. The molecule has 1 N–H and O–H groups in total. The third-order valence-corrected chi connectivity index (χ3v) is 17.0. The summed E-state index contributed by atoms with van der Waals surface area (Å²) in [6.45, 7) is 11.9. The summed E-state index contributed by atoms with van der Waals surface area (Å²) in [5, 5.41) is 34.4. The molecule has 4 aliphatic rings. The van der Waals surface area contributed by atoms with E-state index in [2.05, 4.69) is 33.9 Å². The standard InChI is InChI=1S/C39H54N4O12Si/c1-37(2,3)56(6,7)55-22-26-20-39(11-12-39)24-41(26)36(46)28-16-32(52-5)34(18-30(28)43(49)50)54-14-8-13-53-33-17-29(42(47)48)27(15-31(33)51-4)35(45)40-23-38(9-10-38)19-25(40)21-44/h15-18,25-26,44H,8-14,19-24H2,1-7H3/t25-,26-/m0/s1. The third kappa shape index (κ3) is 8.30. The first-order chi connectivity index (χ1) is 26.4. The first-order valence-corrected chi connectivity index (χ1v) is 22.1. The molecular formula is C39H54N4O12Si. The fraction of sp³-hybridized carbons (Fsp3) is 0.641. The lowest BCUT2D eigenvalue weighted by atomic mass is 10.0. The molecule has 2 heterocycles. The minimum atomic E-state index is -2.11. The van der Waals surface area contributed by atoms with Crippen LogP contribution in [0.2, 0.25) is 18.1 Å². The summed E-state index contributed by atoms with van der Waals surface area (Å²) in [6.07, 6.45) is 5.64. The normalized spacial score (nSPS) is 20.6. The maximum Gasteiger partial charge on any atom is 0.286 e. The molecule has 2 aromatic rings. The highest BCUT2D eigenvalue weighted by molar-refractivity contribution is 6.74. The van der Waals surface area contributed by atoms with Crippen LogP contribution in [0.3, 0.4) is 0 Å². The van der Waals surface area contributed by atoms with Gasteiger partial charge >= 0.3 is 0 Å². The summed E-state index contributed by atoms with van der Waals surface area (Å²) >= 11 is 0. The summed E-state index contributed by atoms with van der Waals surface area (Å²) < 4.78 is 29.3. The Bertz CT molecular complexity index is 1870. The van der Waals surface area contributed by atoms with Gasteiger partial charge in [0.05, 0.1) is 74.7 Å². The first-order valence-electron chi connectivity index (χ1n) is 19.2. The maximum absolute atomic E-state index is 14.1. The van der Waals surface area contributed by atoms with E-state index in [-0.39, 0.29) is 82.3 Å². The van der Waals surface area contributed by atoms with Crippen molar-refractivity contribution >= 4 is 31.5 Å². The van der Waals surface area contributed by atoms with Crippen LogP contribution in [0.1, 0.15) is 86.4 Å². The molecular weight excluding hydrogens is 745 g/mol. The predicted molar refractivity (Wildman–Crippen MR) is 207 cm³/mol. The van der Waals surface area contributed by atoms with Crippen LogP contribution >= 0.6 is 0 Å². The lowest BCUT2D eigenvalue weighted by molar-refractivity contribution is -0.385. The number of amides is 2. The van der Waals surface area contributed by atoms with Gasteiger partial charge in [0.15, 0.2) is 31.3 Å². The SMILES string of the molecule is COc1cc(C(=O)N2CC3(CC3)C[C@H]2CO)c([N+](=O)[O-])cc1OCCCOc1cc([N+](=O)[O-])c(C(=O)N2CC3(CC3)C[C@H]2CO[Si](C)(C)C(C)(C)C)cc1OC. The Hall–Kier alpha value is -4.48. The van der Waals surface area contributed by atoms with Gasteiger partial charge in [0.25, 0.3) is 23.2 Å². The summed E-state index contributed by atoms with van der Waals surface area (Å²) in [5.74, 6) is -0.594. The van der Waals surface area contributed by atoms with E-state index in [1.54, 1.807) is 4.90 Å². The van der Waals surface area contributed by atoms with Crippen LogP contribution < -0.4 is 18.9 Å². The van der Waals surface area contributed by atoms with E-state index < -0.39 is 47.4 Å². The van der Waals surface area contributed by atoms with Crippen molar-refractivity contribution in [2.75, 3.05) is 53.7 Å². The second kappa shape index (κ2) is 15.5. The van der Waals surface area contributed by atoms with Gasteiger partial charge in [0.1, 0.15) is 11.1 Å². The monoisotopic (exact) mass is 798 g/mol. The van der Waals surface area contributed by atoms with Gasteiger partial charge in [-0.2, -0.15) is 0 Å². The average molecular weight is 799 g/mol. The minimum absolute atomic E-state index is 0.00857. The second-order valence-electron chi connectivity index (χ2n) is 17.4. The van der Waals surface area contributed by atoms with Crippen molar-refractivity contribution < 1.29 is 47.9 Å². The number of hydrogen-bond donors (Lipinski definition) is 1. The highest BCUT2D eigenvalue weighted by atomic mass is 28.4. The number of rotatable bonds is 16. The molecule has 0 unspecified atom stereocenters. The van der Waals surface area contributed by atoms with Crippen LogP contribution in [-0.4, -0.2) is 111 Å². The Balaban J connectivity index is 1.12. The summed E-state index contributed by atoms with van der Waals surface area (Å²) in [7, 11) is 0.647. The second-order valence-corrected chi connectivity index (χ2v) is 22.3. The highest BCUT2D eigenvalue weighted by Gasteiger charge is 2.55. The number of carbonyl (C=O) groups excluding carboxylic acids is 2. The van der Waals surface area contributed by atoms with Gasteiger partial charge in [-0.3, -0.25) is 29.8 Å². The molecule has 16 nitrogen and oxygen atoms in total. The number of hydrogen-bond acceptors (Lipinski definition) is 12. The molecule has 2 aromatic carbocycles. The Labute approximate surface area is 327 Å². The number of carbonyl (C=O) groups is 2. The zero-order chi connectivity index (χ0) is 40.8. The molecule has 2 aliphatic heterocycles. The summed E-state index contributed by atoms with van der Waals surface area (Å²) in [4.78, 5) is 54.2. The summed E-state index contributed by atoms with van der Waals surface area (Å²) in [5.41, 5.74) is -1.07. The molecule has 56 heavy (non-hydrogen) atoms. The number of aliphatic hydroxyl groups excluding tert-OH is 1. The zero-order valence-electron chi connectivity index (χ0n) is 33.4. The van der Waals surface area contributed by atoms with Crippen LogP contribution in [0.25, 0.3) is 0 Å². The molecule has 306 valence electrons. The van der Waals surface area contributed by atoms with E-state index >= 15 is 0 Å². The molecule has 2 atom stereocenters. The van der Waals surface area contributed by atoms with Crippen molar-refractivity contribution in [3.05, 3.63) is 55.6 Å². The highest BCUT2D eigenvalue weighted by Crippen LogP contribution is 2.56.